The van der Waals surface area contributed by atoms with Crippen molar-refractivity contribution in [1.29, 1.82) is 0 Å². The van der Waals surface area contributed by atoms with E-state index in [-0.39, 0.29) is 48.2 Å². The molecule has 6 rings (SSSR count). The first-order valence-corrected chi connectivity index (χ1v) is 12.8. The molecular formula is C24H29BrF2N4O4S. The molecule has 0 radical (unpaired) electrons. The third-order valence-electron chi connectivity index (χ3n) is 7.83. The van der Waals surface area contributed by atoms with Crippen molar-refractivity contribution in [3.05, 3.63) is 41.0 Å². The number of ether oxygens (including phenoxy) is 1. The number of alkyl halides is 2. The Bertz CT molecular complexity index is 1070. The van der Waals surface area contributed by atoms with E-state index in [9.17, 15) is 23.5 Å². The Hall–Kier alpha value is -2.02. The lowest BCUT2D eigenvalue weighted by molar-refractivity contribution is -0.939. The van der Waals surface area contributed by atoms with E-state index < -0.39 is 35.9 Å². The average molecular weight is 587 g/mol. The summed E-state index contributed by atoms with van der Waals surface area (Å²) in [7, 11) is 0. The number of aromatic nitrogens is 2. The Kier molecular flexibility index (Phi) is 7.80. The molecule has 3 atom stereocenters. The molecule has 36 heavy (non-hydrogen) atoms. The minimum absolute atomic E-state index is 0. The predicted octanol–water partition coefficient (Wildman–Crippen LogP) is -0.0440. The van der Waals surface area contributed by atoms with Gasteiger partial charge in [-0.1, -0.05) is 6.07 Å². The van der Waals surface area contributed by atoms with Crippen molar-refractivity contribution in [3.8, 4) is 0 Å². The maximum Gasteiger partial charge on any atom is 0.344 e. The minimum atomic E-state index is -2.90. The van der Waals surface area contributed by atoms with Gasteiger partial charge in [-0.15, -0.1) is 11.3 Å². The van der Waals surface area contributed by atoms with Crippen molar-refractivity contribution in [2.45, 2.75) is 49.7 Å². The number of quaternary nitrogens is 1. The Morgan fingerprint density at radius 2 is 2.06 bits per heavy atom. The zero-order valence-corrected chi connectivity index (χ0v) is 22.0. The number of carbonyl (C=O) groups excluding carboxylic acids is 2. The lowest BCUT2D eigenvalue weighted by Crippen LogP contribution is -3.00. The highest BCUT2D eigenvalue weighted by Gasteiger charge is 2.57. The molecule has 2 N–H and O–H groups in total. The summed E-state index contributed by atoms with van der Waals surface area (Å²) >= 11 is 1.17. The highest BCUT2D eigenvalue weighted by atomic mass is 79.9. The number of anilines is 1. The molecule has 12 heteroatoms. The van der Waals surface area contributed by atoms with Crippen molar-refractivity contribution in [2.24, 2.45) is 11.8 Å². The van der Waals surface area contributed by atoms with E-state index in [1.165, 1.54) is 17.7 Å². The van der Waals surface area contributed by atoms with Crippen LogP contribution in [0.5, 0.6) is 0 Å². The molecule has 5 heterocycles. The van der Waals surface area contributed by atoms with Gasteiger partial charge in [-0.3, -0.25) is 4.79 Å². The fourth-order valence-electron chi connectivity index (χ4n) is 5.93. The summed E-state index contributed by atoms with van der Waals surface area (Å²) in [6.45, 7) is 2.25. The second-order valence-electron chi connectivity index (χ2n) is 10.1. The molecule has 4 fully saturated rings. The monoisotopic (exact) mass is 586 g/mol. The van der Waals surface area contributed by atoms with Crippen LogP contribution < -0.4 is 22.3 Å². The molecule has 2 unspecified atom stereocenters. The molecule has 1 aliphatic carbocycles. The molecule has 3 aliphatic heterocycles. The van der Waals surface area contributed by atoms with E-state index in [0.717, 1.165) is 25.9 Å². The number of rotatable bonds is 7. The number of fused-ring (bicyclic) bond motifs is 3. The normalized spacial score (nSPS) is 30.1. The maximum absolute atomic E-state index is 14.0. The standard InChI is InChI=1S/C24H28F2N4O4S.BrH/c25-23(26)7-3-17(12-23)24(33,19-2-1-11-35-19)22(32)34-18-13-30(9-5-16(18)6-10-30)14-21(31)29-20-4-8-27-15-28-20;/h1-2,4,8,11,15-18,33H,3,5-7,9-10,12-14H2;1H/t16?,17?,18-,24?,30?;/m0./s1. The fraction of sp³-hybridized carbons (Fsp3) is 0.583. The number of aliphatic hydroxyl groups is 1. The summed E-state index contributed by atoms with van der Waals surface area (Å²) in [5, 5.41) is 16.1. The Morgan fingerprint density at radius 3 is 2.67 bits per heavy atom. The molecule has 0 aromatic carbocycles. The van der Waals surface area contributed by atoms with E-state index in [4.69, 9.17) is 4.74 Å². The minimum Gasteiger partial charge on any atom is -1.00 e. The molecular weight excluding hydrogens is 558 g/mol. The van der Waals surface area contributed by atoms with Crippen LogP contribution in [0.4, 0.5) is 14.6 Å². The lowest BCUT2D eigenvalue weighted by Gasteiger charge is -2.51. The summed E-state index contributed by atoms with van der Waals surface area (Å²) in [6, 6.07) is 4.91. The Morgan fingerprint density at radius 1 is 1.28 bits per heavy atom. The number of nitrogens with zero attached hydrogens (tertiary/aromatic N) is 3. The van der Waals surface area contributed by atoms with Crippen LogP contribution >= 0.6 is 11.3 Å². The van der Waals surface area contributed by atoms with Gasteiger partial charge in [0.15, 0.2) is 18.2 Å². The molecule has 1 saturated carbocycles. The molecule has 1 amide bonds. The van der Waals surface area contributed by atoms with Crippen LogP contribution in [0.2, 0.25) is 0 Å². The predicted molar refractivity (Wildman–Crippen MR) is 123 cm³/mol. The average Bonchev–Trinajstić information content (AvgIpc) is 3.50. The van der Waals surface area contributed by atoms with Gasteiger partial charge in [0.2, 0.25) is 5.92 Å². The number of halogens is 3. The Labute approximate surface area is 222 Å². The maximum atomic E-state index is 14.0. The molecule has 196 valence electrons. The molecule has 2 bridgehead atoms. The molecule has 0 spiro atoms. The number of carbonyl (C=O) groups is 2. The summed E-state index contributed by atoms with van der Waals surface area (Å²) in [6.07, 6.45) is 3.15. The highest BCUT2D eigenvalue weighted by molar-refractivity contribution is 7.10. The third-order valence-corrected chi connectivity index (χ3v) is 8.83. The van der Waals surface area contributed by atoms with Gasteiger partial charge in [0, 0.05) is 48.6 Å². The van der Waals surface area contributed by atoms with Crippen LogP contribution in [0.3, 0.4) is 0 Å². The van der Waals surface area contributed by atoms with Crippen LogP contribution in [0, 0.1) is 11.8 Å². The number of hydrogen-bond donors (Lipinski definition) is 2. The van der Waals surface area contributed by atoms with Gasteiger partial charge < -0.3 is 36.6 Å². The van der Waals surface area contributed by atoms with Crippen molar-refractivity contribution >= 4 is 29.0 Å². The second-order valence-corrected chi connectivity index (χ2v) is 11.0. The van der Waals surface area contributed by atoms with E-state index in [2.05, 4.69) is 15.3 Å². The summed E-state index contributed by atoms with van der Waals surface area (Å²) in [4.78, 5) is 34.4. The molecule has 3 saturated heterocycles. The largest absolute Gasteiger partial charge is 1.00 e. The van der Waals surface area contributed by atoms with Crippen LogP contribution in [0.15, 0.2) is 36.1 Å². The summed E-state index contributed by atoms with van der Waals surface area (Å²) in [5.41, 5.74) is -2.10. The quantitative estimate of drug-likeness (QED) is 0.349. The van der Waals surface area contributed by atoms with E-state index in [1.807, 2.05) is 0 Å². The van der Waals surface area contributed by atoms with Gasteiger partial charge in [0.25, 0.3) is 5.91 Å². The first-order valence-electron chi connectivity index (χ1n) is 12.0. The van der Waals surface area contributed by atoms with E-state index in [1.54, 1.807) is 29.8 Å². The molecule has 4 aliphatic rings. The van der Waals surface area contributed by atoms with Gasteiger partial charge in [-0.05, 0) is 23.9 Å². The van der Waals surface area contributed by atoms with Crippen molar-refractivity contribution < 1.29 is 49.7 Å². The second kappa shape index (κ2) is 10.4. The molecule has 2 aromatic heterocycles. The smallest absolute Gasteiger partial charge is 0.344 e. The fourth-order valence-corrected chi connectivity index (χ4v) is 6.82. The number of nitrogens with one attached hydrogen (secondary N) is 1. The third kappa shape index (κ3) is 5.32. The van der Waals surface area contributed by atoms with Crippen LogP contribution in [-0.4, -0.2) is 69.6 Å². The van der Waals surface area contributed by atoms with Crippen LogP contribution in [-0.2, 0) is 19.9 Å². The first-order chi connectivity index (χ1) is 16.7. The van der Waals surface area contributed by atoms with Gasteiger partial charge in [-0.2, -0.15) is 0 Å². The van der Waals surface area contributed by atoms with Gasteiger partial charge in [-0.25, -0.2) is 23.5 Å². The SMILES string of the molecule is O=C(C[N+]12CCC(CC1)[C@@H](OC(=O)C(O)(c1cccs1)C1CCC(F)(F)C1)C2)Nc1ccncn1.[Br-]. The molecule has 8 nitrogen and oxygen atoms in total. The number of esters is 1. The summed E-state index contributed by atoms with van der Waals surface area (Å²) < 4.78 is 34.5. The van der Waals surface area contributed by atoms with Crippen LogP contribution in [0.1, 0.15) is 37.0 Å². The zero-order valence-electron chi connectivity index (χ0n) is 19.6. The highest BCUT2D eigenvalue weighted by Crippen LogP contribution is 2.49. The number of thiophene rings is 1. The van der Waals surface area contributed by atoms with E-state index >= 15 is 0 Å². The zero-order chi connectivity index (χ0) is 24.7. The number of amides is 1. The Balaban J connectivity index is 0.00000304. The summed E-state index contributed by atoms with van der Waals surface area (Å²) in [5.74, 6) is -4.30. The van der Waals surface area contributed by atoms with Gasteiger partial charge in [0.05, 0.1) is 13.1 Å². The van der Waals surface area contributed by atoms with Crippen LogP contribution in [0.25, 0.3) is 0 Å². The van der Waals surface area contributed by atoms with E-state index in [0.29, 0.717) is 21.7 Å². The van der Waals surface area contributed by atoms with Crippen molar-refractivity contribution in [1.82, 2.24) is 9.97 Å². The van der Waals surface area contributed by atoms with Gasteiger partial charge >= 0.3 is 5.97 Å². The molecule has 2 aromatic rings. The first kappa shape index (κ1) is 27.0. The van der Waals surface area contributed by atoms with Gasteiger partial charge in [0.1, 0.15) is 18.7 Å². The topological polar surface area (TPSA) is 101 Å². The number of piperidine rings is 3. The lowest BCUT2D eigenvalue weighted by atomic mass is 9.82. The number of hydrogen-bond acceptors (Lipinski definition) is 7. The van der Waals surface area contributed by atoms with Crippen molar-refractivity contribution in [2.75, 3.05) is 31.5 Å². The van der Waals surface area contributed by atoms with Crippen molar-refractivity contribution in [3.63, 3.8) is 0 Å².